The van der Waals surface area contributed by atoms with Gasteiger partial charge in [0.05, 0.1) is 10.9 Å². The third kappa shape index (κ3) is 2.75. The summed E-state index contributed by atoms with van der Waals surface area (Å²) in [7, 11) is 4.03. The molecule has 3 heterocycles. The summed E-state index contributed by atoms with van der Waals surface area (Å²) in [5.41, 5.74) is -0.420. The number of rotatable bonds is 3. The quantitative estimate of drug-likeness (QED) is 0.894. The van der Waals surface area contributed by atoms with Crippen molar-refractivity contribution >= 4 is 10.9 Å². The minimum absolute atomic E-state index is 0.0502. The summed E-state index contributed by atoms with van der Waals surface area (Å²) in [6, 6.07) is 4.91. The summed E-state index contributed by atoms with van der Waals surface area (Å²) in [5, 5.41) is 9.37. The molecule has 24 heavy (non-hydrogen) atoms. The van der Waals surface area contributed by atoms with Crippen molar-refractivity contribution in [2.45, 2.75) is 24.9 Å². The van der Waals surface area contributed by atoms with Gasteiger partial charge in [-0.05, 0) is 39.1 Å². The van der Waals surface area contributed by atoms with Crippen LogP contribution >= 0.6 is 0 Å². The number of aromatic amines is 1. The number of nitriles is 1. The van der Waals surface area contributed by atoms with Crippen LogP contribution < -0.4 is 11.1 Å². The van der Waals surface area contributed by atoms with Crippen molar-refractivity contribution in [1.82, 2.24) is 14.5 Å². The number of H-pyrrole nitrogens is 1. The molecule has 2 aromatic heterocycles. The van der Waals surface area contributed by atoms with Gasteiger partial charge in [0.15, 0.2) is 0 Å². The predicted octanol–water partition coefficient (Wildman–Crippen LogP) is 0.672. The van der Waals surface area contributed by atoms with Crippen LogP contribution in [0.1, 0.15) is 18.4 Å². The average Bonchev–Trinajstić information content (AvgIpc) is 2.58. The summed E-state index contributed by atoms with van der Waals surface area (Å²) in [5.74, 6) is 0. The number of aromatic nitrogens is 2. The van der Waals surface area contributed by atoms with E-state index in [1.54, 1.807) is 16.8 Å². The minimum atomic E-state index is -0.476. The maximum absolute atomic E-state index is 12.8. The Hall–Kier alpha value is -2.43. The first kappa shape index (κ1) is 16.4. The molecule has 1 saturated heterocycles. The first-order valence-corrected chi connectivity index (χ1v) is 7.89. The molecule has 0 atom stereocenters. The lowest BCUT2D eigenvalue weighted by Gasteiger charge is -2.43. The smallest absolute Gasteiger partial charge is 0.266 e. The van der Waals surface area contributed by atoms with E-state index in [-0.39, 0.29) is 16.7 Å². The van der Waals surface area contributed by atoms with Crippen LogP contribution in [-0.2, 0) is 11.3 Å². The number of hydrogen-bond donors (Lipinski definition) is 1. The summed E-state index contributed by atoms with van der Waals surface area (Å²) in [6.45, 7) is 1.89. The molecule has 1 aliphatic heterocycles. The number of nitrogens with one attached hydrogen (secondary N) is 1. The van der Waals surface area contributed by atoms with Crippen LogP contribution in [0.15, 0.2) is 27.9 Å². The summed E-state index contributed by atoms with van der Waals surface area (Å²) >= 11 is 0. The van der Waals surface area contributed by atoms with Gasteiger partial charge in [-0.3, -0.25) is 9.59 Å². The fraction of sp³-hybridized carbons (Fsp3) is 0.471. The summed E-state index contributed by atoms with van der Waals surface area (Å²) < 4.78 is 7.13. The molecular weight excluding hydrogens is 308 g/mol. The molecule has 1 fully saturated rings. The average molecular weight is 328 g/mol. The normalized spacial score (nSPS) is 17.1. The molecule has 0 saturated carbocycles. The molecule has 2 aromatic rings. The molecule has 0 aliphatic carbocycles. The van der Waals surface area contributed by atoms with Gasteiger partial charge in [0, 0.05) is 31.5 Å². The van der Waals surface area contributed by atoms with E-state index in [2.05, 4.69) is 9.88 Å². The zero-order valence-electron chi connectivity index (χ0n) is 13.8. The van der Waals surface area contributed by atoms with Crippen LogP contribution in [0.3, 0.4) is 0 Å². The molecule has 0 unspecified atom stereocenters. The Kier molecular flexibility index (Phi) is 4.26. The van der Waals surface area contributed by atoms with Gasteiger partial charge in [-0.25, -0.2) is 0 Å². The van der Waals surface area contributed by atoms with Crippen molar-refractivity contribution in [2.75, 3.05) is 27.3 Å². The number of ether oxygens (including phenoxy) is 1. The Morgan fingerprint density at radius 1 is 1.38 bits per heavy atom. The van der Waals surface area contributed by atoms with Gasteiger partial charge in [0.25, 0.3) is 11.1 Å². The lowest BCUT2D eigenvalue weighted by molar-refractivity contribution is -0.0169. The molecule has 7 heteroatoms. The molecule has 0 spiro atoms. The van der Waals surface area contributed by atoms with Crippen molar-refractivity contribution in [3.63, 3.8) is 0 Å². The zero-order chi connectivity index (χ0) is 17.3. The summed E-state index contributed by atoms with van der Waals surface area (Å²) in [6.07, 6.45) is 3.40. The second kappa shape index (κ2) is 6.23. The van der Waals surface area contributed by atoms with Crippen LogP contribution in [0.25, 0.3) is 10.9 Å². The third-order valence-corrected chi connectivity index (χ3v) is 4.94. The highest BCUT2D eigenvalue weighted by Gasteiger charge is 2.35. The lowest BCUT2D eigenvalue weighted by atomic mass is 9.88. The third-order valence-electron chi connectivity index (χ3n) is 4.94. The van der Waals surface area contributed by atoms with Crippen molar-refractivity contribution < 1.29 is 4.74 Å². The highest BCUT2D eigenvalue weighted by Crippen LogP contribution is 2.27. The van der Waals surface area contributed by atoms with Crippen LogP contribution in [0.5, 0.6) is 0 Å². The Balaban J connectivity index is 2.08. The highest BCUT2D eigenvalue weighted by atomic mass is 16.5. The van der Waals surface area contributed by atoms with E-state index >= 15 is 0 Å². The SMILES string of the molecule is CN(C)C1(Cn2ccc3[nH]c(=O)c(C#N)cc3c2=O)CCOCC1. The Morgan fingerprint density at radius 2 is 2.08 bits per heavy atom. The largest absolute Gasteiger partial charge is 0.381 e. The minimum Gasteiger partial charge on any atom is -0.381 e. The van der Waals surface area contributed by atoms with E-state index in [1.807, 2.05) is 20.2 Å². The van der Waals surface area contributed by atoms with Crippen molar-refractivity contribution in [3.05, 3.63) is 44.6 Å². The molecule has 0 aromatic carbocycles. The molecular formula is C17H20N4O3. The number of fused-ring (bicyclic) bond motifs is 1. The maximum Gasteiger partial charge on any atom is 0.266 e. The Bertz CT molecular complexity index is 914. The van der Waals surface area contributed by atoms with Crippen molar-refractivity contribution in [1.29, 1.82) is 5.26 Å². The standard InChI is InChI=1S/C17H20N4O3/c1-20(2)17(4-7-24-8-5-17)11-21-6-3-14-13(16(21)23)9-12(10-18)15(22)19-14/h3,6,9H,4-5,7-8,11H2,1-2H3,(H,19,22). The molecule has 126 valence electrons. The van der Waals surface area contributed by atoms with Gasteiger partial charge in [-0.15, -0.1) is 0 Å². The second-order valence-electron chi connectivity index (χ2n) is 6.43. The van der Waals surface area contributed by atoms with E-state index in [0.29, 0.717) is 30.7 Å². The van der Waals surface area contributed by atoms with Crippen molar-refractivity contribution in [3.8, 4) is 6.07 Å². The molecule has 0 radical (unpaired) electrons. The van der Waals surface area contributed by atoms with Gasteiger partial charge >= 0.3 is 0 Å². The molecule has 1 N–H and O–H groups in total. The van der Waals surface area contributed by atoms with Crippen LogP contribution in [0, 0.1) is 11.3 Å². The maximum atomic E-state index is 12.8. The fourth-order valence-corrected chi connectivity index (χ4v) is 3.26. The van der Waals surface area contributed by atoms with Gasteiger partial charge < -0.3 is 19.2 Å². The Morgan fingerprint density at radius 3 is 2.71 bits per heavy atom. The zero-order valence-corrected chi connectivity index (χ0v) is 13.8. The van der Waals surface area contributed by atoms with Crippen LogP contribution in [0.2, 0.25) is 0 Å². The molecule has 1 aliphatic rings. The lowest BCUT2D eigenvalue weighted by Crippen LogP contribution is -2.52. The highest BCUT2D eigenvalue weighted by molar-refractivity contribution is 5.78. The van der Waals surface area contributed by atoms with Gasteiger partial charge in [-0.2, -0.15) is 5.26 Å². The number of nitrogens with zero attached hydrogens (tertiary/aromatic N) is 3. The molecule has 0 amide bonds. The molecule has 3 rings (SSSR count). The van der Waals surface area contributed by atoms with Gasteiger partial charge in [0.2, 0.25) is 0 Å². The van der Waals surface area contributed by atoms with E-state index in [0.717, 1.165) is 12.8 Å². The molecule has 0 bridgehead atoms. The number of hydrogen-bond acceptors (Lipinski definition) is 5. The van der Waals surface area contributed by atoms with Crippen LogP contribution in [-0.4, -0.2) is 47.3 Å². The topological polar surface area (TPSA) is 91.1 Å². The van der Waals surface area contributed by atoms with E-state index in [1.165, 1.54) is 6.07 Å². The summed E-state index contributed by atoms with van der Waals surface area (Å²) in [4.78, 5) is 29.3. The van der Waals surface area contributed by atoms with E-state index in [9.17, 15) is 9.59 Å². The fourth-order valence-electron chi connectivity index (χ4n) is 3.26. The second-order valence-corrected chi connectivity index (χ2v) is 6.43. The van der Waals surface area contributed by atoms with Crippen molar-refractivity contribution in [2.24, 2.45) is 0 Å². The van der Waals surface area contributed by atoms with Crippen LogP contribution in [0.4, 0.5) is 0 Å². The van der Waals surface area contributed by atoms with Gasteiger partial charge in [0.1, 0.15) is 11.6 Å². The number of pyridine rings is 2. The van der Waals surface area contributed by atoms with E-state index < -0.39 is 5.56 Å². The predicted molar refractivity (Wildman–Crippen MR) is 90.0 cm³/mol. The Labute approximate surface area is 139 Å². The first-order chi connectivity index (χ1) is 11.5. The first-order valence-electron chi connectivity index (χ1n) is 7.89. The van der Waals surface area contributed by atoms with Gasteiger partial charge in [-0.1, -0.05) is 0 Å². The number of likely N-dealkylation sites (N-methyl/N-ethyl adjacent to an activating group) is 1. The monoisotopic (exact) mass is 328 g/mol. The van der Waals surface area contributed by atoms with E-state index in [4.69, 9.17) is 10.00 Å². The molecule has 7 nitrogen and oxygen atoms in total.